The summed E-state index contributed by atoms with van der Waals surface area (Å²) in [5.74, 6) is 0.852. The Hall–Kier alpha value is -2.33. The average Bonchev–Trinajstić information content (AvgIpc) is 2.96. The van der Waals surface area contributed by atoms with Crippen molar-refractivity contribution in [1.29, 1.82) is 0 Å². The van der Waals surface area contributed by atoms with Crippen LogP contribution in [-0.2, 0) is 0 Å². The lowest BCUT2D eigenvalue weighted by molar-refractivity contribution is 0.504. The monoisotopic (exact) mass is 324 g/mol. The molecule has 1 heterocycles. The number of thiocarbonyl (C=S) groups is 1. The molecule has 0 fully saturated rings. The molecule has 118 valence electrons. The zero-order valence-electron chi connectivity index (χ0n) is 13.2. The fraction of sp³-hybridized carbons (Fsp3) is 0.211. The Morgan fingerprint density at radius 2 is 1.65 bits per heavy atom. The van der Waals surface area contributed by atoms with Crippen LogP contribution in [0.3, 0.4) is 0 Å². The smallest absolute Gasteiger partial charge is 0.167 e. The van der Waals surface area contributed by atoms with Crippen molar-refractivity contribution in [1.82, 2.24) is 10.6 Å². The molecule has 0 aliphatic carbocycles. The topological polar surface area (TPSA) is 37.2 Å². The number of rotatable bonds is 4. The summed E-state index contributed by atoms with van der Waals surface area (Å²) < 4.78 is 6.04. The quantitative estimate of drug-likeness (QED) is 0.698. The first-order valence-corrected chi connectivity index (χ1v) is 8.15. The molecule has 0 aliphatic rings. The molecule has 3 aromatic rings. The van der Waals surface area contributed by atoms with Crippen molar-refractivity contribution in [2.75, 3.05) is 0 Å². The average molecular weight is 324 g/mol. The highest BCUT2D eigenvalue weighted by molar-refractivity contribution is 7.80. The Morgan fingerprint density at radius 3 is 2.35 bits per heavy atom. The van der Waals surface area contributed by atoms with Gasteiger partial charge in [0.15, 0.2) is 5.11 Å². The Kier molecular flexibility index (Phi) is 4.63. The first-order valence-electron chi connectivity index (χ1n) is 7.74. The van der Waals surface area contributed by atoms with Crippen LogP contribution in [0.25, 0.3) is 11.0 Å². The van der Waals surface area contributed by atoms with Crippen molar-refractivity contribution in [3.63, 3.8) is 0 Å². The van der Waals surface area contributed by atoms with Gasteiger partial charge in [-0.05, 0) is 43.8 Å². The van der Waals surface area contributed by atoms with Gasteiger partial charge in [-0.25, -0.2) is 0 Å². The summed E-state index contributed by atoms with van der Waals surface area (Å²) in [4.78, 5) is 0. The fourth-order valence-corrected chi connectivity index (χ4v) is 2.90. The molecule has 1 aromatic heterocycles. The molecule has 0 amide bonds. The Morgan fingerprint density at radius 1 is 0.957 bits per heavy atom. The summed E-state index contributed by atoms with van der Waals surface area (Å²) in [6, 6.07) is 20.4. The molecule has 0 radical (unpaired) electrons. The molecule has 1 unspecified atom stereocenters. The molecule has 3 rings (SSSR count). The third-order valence-electron chi connectivity index (χ3n) is 3.56. The molecule has 0 bridgehead atoms. The maximum Gasteiger partial charge on any atom is 0.167 e. The zero-order valence-corrected chi connectivity index (χ0v) is 14.1. The lowest BCUT2D eigenvalue weighted by Crippen LogP contribution is -2.41. The van der Waals surface area contributed by atoms with Crippen molar-refractivity contribution < 1.29 is 4.42 Å². The first-order chi connectivity index (χ1) is 11.1. The zero-order chi connectivity index (χ0) is 16.2. The molecule has 4 heteroatoms. The third-order valence-corrected chi connectivity index (χ3v) is 3.79. The summed E-state index contributed by atoms with van der Waals surface area (Å²) >= 11 is 5.42. The van der Waals surface area contributed by atoms with Crippen LogP contribution in [0.5, 0.6) is 0 Å². The molecule has 3 nitrogen and oxygen atoms in total. The maximum atomic E-state index is 6.04. The van der Waals surface area contributed by atoms with Crippen LogP contribution >= 0.6 is 12.2 Å². The highest BCUT2D eigenvalue weighted by Crippen LogP contribution is 2.28. The van der Waals surface area contributed by atoms with Gasteiger partial charge in [0.25, 0.3) is 0 Å². The molecular formula is C19H20N2OS. The molecular weight excluding hydrogens is 304 g/mol. The van der Waals surface area contributed by atoms with Gasteiger partial charge in [-0.1, -0.05) is 48.5 Å². The van der Waals surface area contributed by atoms with Crippen LogP contribution in [0.4, 0.5) is 0 Å². The van der Waals surface area contributed by atoms with E-state index in [4.69, 9.17) is 16.6 Å². The highest BCUT2D eigenvalue weighted by Gasteiger charge is 2.19. The second-order valence-electron chi connectivity index (χ2n) is 5.80. The maximum absolute atomic E-state index is 6.04. The van der Waals surface area contributed by atoms with Gasteiger partial charge in [-0.2, -0.15) is 0 Å². The van der Waals surface area contributed by atoms with E-state index in [1.165, 1.54) is 0 Å². The number of hydrogen-bond donors (Lipinski definition) is 2. The fourth-order valence-electron chi connectivity index (χ4n) is 2.54. The van der Waals surface area contributed by atoms with E-state index in [0.29, 0.717) is 5.11 Å². The molecule has 0 saturated carbocycles. The summed E-state index contributed by atoms with van der Waals surface area (Å²) in [7, 11) is 0. The second kappa shape index (κ2) is 6.84. The summed E-state index contributed by atoms with van der Waals surface area (Å²) in [5.41, 5.74) is 1.99. The lowest BCUT2D eigenvalue weighted by atomic mass is 10.0. The summed E-state index contributed by atoms with van der Waals surface area (Å²) in [5, 5.41) is 8.30. The van der Waals surface area contributed by atoms with Crippen LogP contribution in [0.2, 0.25) is 0 Å². The van der Waals surface area contributed by atoms with Crippen LogP contribution in [0, 0.1) is 0 Å². The minimum atomic E-state index is -0.123. The molecule has 23 heavy (non-hydrogen) atoms. The van der Waals surface area contributed by atoms with Crippen LogP contribution in [0.15, 0.2) is 65.1 Å². The van der Waals surface area contributed by atoms with E-state index >= 15 is 0 Å². The minimum absolute atomic E-state index is 0.123. The van der Waals surface area contributed by atoms with Crippen molar-refractivity contribution in [3.8, 4) is 0 Å². The normalized spacial score (nSPS) is 12.3. The number of benzene rings is 2. The van der Waals surface area contributed by atoms with Gasteiger partial charge in [0.2, 0.25) is 0 Å². The molecule has 0 aliphatic heterocycles. The van der Waals surface area contributed by atoms with E-state index in [-0.39, 0.29) is 12.1 Å². The van der Waals surface area contributed by atoms with E-state index in [9.17, 15) is 0 Å². The van der Waals surface area contributed by atoms with Crippen molar-refractivity contribution >= 4 is 28.3 Å². The Balaban J connectivity index is 1.96. The first kappa shape index (κ1) is 15.6. The number of nitrogens with one attached hydrogen (secondary N) is 2. The van der Waals surface area contributed by atoms with E-state index < -0.39 is 0 Å². The molecule has 2 N–H and O–H groups in total. The SMILES string of the molecule is CC(C)NC(=S)NC(c1ccccc1)c1cc2ccccc2o1. The standard InChI is InChI=1S/C19H20N2OS/c1-13(2)20-19(23)21-18(14-8-4-3-5-9-14)17-12-15-10-6-7-11-16(15)22-17/h3-13,18H,1-2H3,(H2,20,21,23). The predicted octanol–water partition coefficient (Wildman–Crippen LogP) is 4.39. The van der Waals surface area contributed by atoms with Crippen LogP contribution in [0.1, 0.15) is 31.2 Å². The summed E-state index contributed by atoms with van der Waals surface area (Å²) in [6.07, 6.45) is 0. The summed E-state index contributed by atoms with van der Waals surface area (Å²) in [6.45, 7) is 4.12. The number of fused-ring (bicyclic) bond motifs is 1. The molecule has 2 aromatic carbocycles. The van der Waals surface area contributed by atoms with Gasteiger partial charge in [0.1, 0.15) is 17.4 Å². The van der Waals surface area contributed by atoms with Gasteiger partial charge >= 0.3 is 0 Å². The lowest BCUT2D eigenvalue weighted by Gasteiger charge is -2.21. The van der Waals surface area contributed by atoms with Crippen LogP contribution < -0.4 is 10.6 Å². The van der Waals surface area contributed by atoms with E-state index in [2.05, 4.69) is 48.7 Å². The largest absolute Gasteiger partial charge is 0.459 e. The van der Waals surface area contributed by atoms with Crippen molar-refractivity contribution in [2.24, 2.45) is 0 Å². The molecule has 1 atom stereocenters. The number of para-hydroxylation sites is 1. The van der Waals surface area contributed by atoms with Crippen molar-refractivity contribution in [2.45, 2.75) is 25.9 Å². The van der Waals surface area contributed by atoms with Crippen molar-refractivity contribution in [3.05, 3.63) is 72.0 Å². The Labute approximate surface area is 141 Å². The Bertz CT molecular complexity index is 762. The minimum Gasteiger partial charge on any atom is -0.459 e. The third kappa shape index (κ3) is 3.71. The van der Waals surface area contributed by atoms with Gasteiger partial charge in [0.05, 0.1) is 0 Å². The van der Waals surface area contributed by atoms with E-state index in [0.717, 1.165) is 22.3 Å². The second-order valence-corrected chi connectivity index (χ2v) is 6.21. The predicted molar refractivity (Wildman–Crippen MR) is 98.5 cm³/mol. The molecule has 0 saturated heterocycles. The van der Waals surface area contributed by atoms with Gasteiger partial charge in [-0.15, -0.1) is 0 Å². The number of hydrogen-bond acceptors (Lipinski definition) is 2. The molecule has 0 spiro atoms. The van der Waals surface area contributed by atoms with E-state index in [1.54, 1.807) is 0 Å². The van der Waals surface area contributed by atoms with E-state index in [1.807, 2.05) is 36.4 Å². The highest BCUT2D eigenvalue weighted by atomic mass is 32.1. The van der Waals surface area contributed by atoms with Gasteiger partial charge in [-0.3, -0.25) is 0 Å². The van der Waals surface area contributed by atoms with Gasteiger partial charge in [0, 0.05) is 11.4 Å². The number of furan rings is 1. The van der Waals surface area contributed by atoms with Gasteiger partial charge < -0.3 is 15.1 Å². The van der Waals surface area contributed by atoms with Crippen LogP contribution in [-0.4, -0.2) is 11.2 Å².